The summed E-state index contributed by atoms with van der Waals surface area (Å²) in [5, 5.41) is 9.52. The molecular formula is C26H25N5O2. The Kier molecular flexibility index (Phi) is 4.73. The summed E-state index contributed by atoms with van der Waals surface area (Å²) in [6, 6.07) is 16.4. The summed E-state index contributed by atoms with van der Waals surface area (Å²) in [5.41, 5.74) is 4.00. The first-order valence-corrected chi connectivity index (χ1v) is 11.4. The maximum Gasteiger partial charge on any atom is 0.269 e. The van der Waals surface area contributed by atoms with Crippen LogP contribution in [0.4, 0.5) is 5.82 Å². The number of rotatable bonds is 4. The smallest absolute Gasteiger partial charge is 0.269 e. The monoisotopic (exact) mass is 439 g/mol. The lowest BCUT2D eigenvalue weighted by Gasteiger charge is -2.20. The Morgan fingerprint density at radius 2 is 1.94 bits per heavy atom. The Labute approximate surface area is 192 Å². The van der Waals surface area contributed by atoms with Gasteiger partial charge in [-0.25, -0.2) is 4.98 Å². The number of carbonyl (C=O) groups is 2. The van der Waals surface area contributed by atoms with E-state index in [2.05, 4.69) is 50.2 Å². The minimum absolute atomic E-state index is 0.0277. The van der Waals surface area contributed by atoms with E-state index < -0.39 is 5.41 Å². The molecular weight excluding hydrogens is 414 g/mol. The third-order valence-corrected chi connectivity index (χ3v) is 7.27. The van der Waals surface area contributed by atoms with Gasteiger partial charge in [0.15, 0.2) is 0 Å². The maximum absolute atomic E-state index is 12.9. The molecule has 3 aliphatic rings. The molecule has 2 aliphatic heterocycles. The van der Waals surface area contributed by atoms with Crippen LogP contribution in [0.2, 0.25) is 0 Å². The first kappa shape index (κ1) is 20.1. The molecule has 7 nitrogen and oxygen atoms in total. The Hall–Kier alpha value is -3.58. The summed E-state index contributed by atoms with van der Waals surface area (Å²) >= 11 is 0. The second kappa shape index (κ2) is 7.78. The normalized spacial score (nSPS) is 25.0. The lowest BCUT2D eigenvalue weighted by molar-refractivity contribution is -0.120. The zero-order valence-corrected chi connectivity index (χ0v) is 18.2. The molecule has 3 unspecified atom stereocenters. The molecule has 33 heavy (non-hydrogen) atoms. The first-order valence-electron chi connectivity index (χ1n) is 11.4. The van der Waals surface area contributed by atoms with Crippen LogP contribution in [0.1, 0.15) is 45.2 Å². The van der Waals surface area contributed by atoms with Crippen LogP contribution in [0.3, 0.4) is 0 Å². The number of pyridine rings is 2. The molecule has 1 aliphatic carbocycles. The van der Waals surface area contributed by atoms with Crippen LogP contribution in [0.15, 0.2) is 60.9 Å². The third-order valence-electron chi connectivity index (χ3n) is 7.27. The van der Waals surface area contributed by atoms with Gasteiger partial charge < -0.3 is 16.0 Å². The zero-order chi connectivity index (χ0) is 22.4. The standard InChI is InChI=1S/C26H25N5O2/c32-24(30-14-16-9-21(28-13-16)17-5-2-1-3-6-17)22-10-18-11-26(12-19(18)15-29-22)20-7-4-8-27-23(20)31-25(26)33/h1-8,10,15-16,21,28H,9,11-14H2,(H,30,32)(H,27,31,33). The van der Waals surface area contributed by atoms with Crippen molar-refractivity contribution in [3.05, 3.63) is 88.9 Å². The lowest BCUT2D eigenvalue weighted by Crippen LogP contribution is -2.35. The fraction of sp³-hybridized carbons (Fsp3) is 0.308. The van der Waals surface area contributed by atoms with Crippen LogP contribution in [0.5, 0.6) is 0 Å². The molecule has 166 valence electrons. The molecule has 7 heteroatoms. The molecule has 6 rings (SSSR count). The Bertz CT molecular complexity index is 1240. The zero-order valence-electron chi connectivity index (χ0n) is 18.2. The Morgan fingerprint density at radius 3 is 2.82 bits per heavy atom. The van der Waals surface area contributed by atoms with Crippen molar-refractivity contribution in [3.63, 3.8) is 0 Å². The summed E-state index contributed by atoms with van der Waals surface area (Å²) < 4.78 is 0. The van der Waals surface area contributed by atoms with Gasteiger partial charge in [0.1, 0.15) is 11.5 Å². The predicted molar refractivity (Wildman–Crippen MR) is 124 cm³/mol. The maximum atomic E-state index is 12.9. The van der Waals surface area contributed by atoms with Crippen molar-refractivity contribution in [2.24, 2.45) is 5.92 Å². The highest BCUT2D eigenvalue weighted by Crippen LogP contribution is 2.46. The number of amides is 2. The number of nitrogens with one attached hydrogen (secondary N) is 3. The van der Waals surface area contributed by atoms with Gasteiger partial charge in [-0.3, -0.25) is 14.6 Å². The summed E-state index contributed by atoms with van der Waals surface area (Å²) in [6.07, 6.45) is 5.57. The van der Waals surface area contributed by atoms with Crippen molar-refractivity contribution in [1.29, 1.82) is 0 Å². The van der Waals surface area contributed by atoms with E-state index in [1.165, 1.54) is 5.56 Å². The number of fused-ring (bicyclic) bond motifs is 3. The van der Waals surface area contributed by atoms with Gasteiger partial charge in [-0.05, 0) is 54.0 Å². The molecule has 0 radical (unpaired) electrons. The highest BCUT2D eigenvalue weighted by molar-refractivity contribution is 6.06. The second-order valence-electron chi connectivity index (χ2n) is 9.31. The minimum atomic E-state index is -0.648. The van der Waals surface area contributed by atoms with Crippen molar-refractivity contribution in [1.82, 2.24) is 20.6 Å². The van der Waals surface area contributed by atoms with E-state index >= 15 is 0 Å². The summed E-state index contributed by atoms with van der Waals surface area (Å²) in [5.74, 6) is 0.822. The quantitative estimate of drug-likeness (QED) is 0.581. The van der Waals surface area contributed by atoms with E-state index in [9.17, 15) is 9.59 Å². The molecule has 3 aromatic rings. The molecule has 1 saturated heterocycles. The fourth-order valence-electron chi connectivity index (χ4n) is 5.51. The van der Waals surface area contributed by atoms with E-state index in [0.29, 0.717) is 42.9 Å². The van der Waals surface area contributed by atoms with Gasteiger partial charge >= 0.3 is 0 Å². The number of aromatic nitrogens is 2. The predicted octanol–water partition coefficient (Wildman–Crippen LogP) is 2.55. The summed E-state index contributed by atoms with van der Waals surface area (Å²) in [6.45, 7) is 1.49. The lowest BCUT2D eigenvalue weighted by atomic mass is 9.79. The molecule has 0 bridgehead atoms. The average Bonchev–Trinajstić information content (AvgIpc) is 3.54. The Balaban J connectivity index is 1.12. The van der Waals surface area contributed by atoms with Crippen LogP contribution in [0.25, 0.3) is 0 Å². The van der Waals surface area contributed by atoms with Crippen molar-refractivity contribution in [2.75, 3.05) is 18.4 Å². The minimum Gasteiger partial charge on any atom is -0.350 e. The number of anilines is 1. The van der Waals surface area contributed by atoms with E-state index in [0.717, 1.165) is 29.7 Å². The fourth-order valence-corrected chi connectivity index (χ4v) is 5.51. The molecule has 3 atom stereocenters. The topological polar surface area (TPSA) is 96.0 Å². The van der Waals surface area contributed by atoms with E-state index in [1.54, 1.807) is 12.4 Å². The highest BCUT2D eigenvalue weighted by atomic mass is 16.2. The van der Waals surface area contributed by atoms with Gasteiger partial charge in [-0.15, -0.1) is 0 Å². The van der Waals surface area contributed by atoms with Crippen molar-refractivity contribution in [3.8, 4) is 0 Å². The molecule has 2 aromatic heterocycles. The first-order chi connectivity index (χ1) is 16.1. The second-order valence-corrected chi connectivity index (χ2v) is 9.31. The molecule has 2 amide bonds. The van der Waals surface area contributed by atoms with Gasteiger partial charge in [0.05, 0.1) is 5.41 Å². The number of hydrogen-bond donors (Lipinski definition) is 3. The molecule has 1 aromatic carbocycles. The van der Waals surface area contributed by atoms with E-state index in [1.807, 2.05) is 24.3 Å². The average molecular weight is 440 g/mol. The van der Waals surface area contributed by atoms with Crippen molar-refractivity contribution < 1.29 is 9.59 Å². The van der Waals surface area contributed by atoms with Gasteiger partial charge in [0, 0.05) is 37.1 Å². The summed E-state index contributed by atoms with van der Waals surface area (Å²) in [7, 11) is 0. The largest absolute Gasteiger partial charge is 0.350 e. The van der Waals surface area contributed by atoms with Crippen LogP contribution in [-0.2, 0) is 23.1 Å². The van der Waals surface area contributed by atoms with Crippen LogP contribution in [0, 0.1) is 5.92 Å². The SMILES string of the molecule is O=C(NCC1CNC(c2ccccc2)C1)c1cc2c(cn1)CC1(C2)C(=O)Nc2ncccc21. The van der Waals surface area contributed by atoms with Crippen LogP contribution < -0.4 is 16.0 Å². The van der Waals surface area contributed by atoms with Gasteiger partial charge in [-0.1, -0.05) is 36.4 Å². The molecule has 4 heterocycles. The number of nitrogens with zero attached hydrogens (tertiary/aromatic N) is 2. The molecule has 3 N–H and O–H groups in total. The van der Waals surface area contributed by atoms with Crippen LogP contribution >= 0.6 is 0 Å². The summed E-state index contributed by atoms with van der Waals surface area (Å²) in [4.78, 5) is 34.4. The van der Waals surface area contributed by atoms with Gasteiger partial charge in [0.25, 0.3) is 5.91 Å². The molecule has 0 saturated carbocycles. The van der Waals surface area contributed by atoms with Crippen molar-refractivity contribution in [2.45, 2.75) is 30.7 Å². The van der Waals surface area contributed by atoms with E-state index in [-0.39, 0.29) is 11.8 Å². The highest BCUT2D eigenvalue weighted by Gasteiger charge is 2.51. The number of benzene rings is 1. The van der Waals surface area contributed by atoms with Gasteiger partial charge in [-0.2, -0.15) is 0 Å². The molecule has 1 spiro atoms. The van der Waals surface area contributed by atoms with E-state index in [4.69, 9.17) is 0 Å². The Morgan fingerprint density at radius 1 is 1.09 bits per heavy atom. The van der Waals surface area contributed by atoms with Crippen LogP contribution in [-0.4, -0.2) is 34.9 Å². The third kappa shape index (κ3) is 3.40. The molecule has 1 fully saturated rings. The van der Waals surface area contributed by atoms with Gasteiger partial charge in [0.2, 0.25) is 5.91 Å². The number of carbonyl (C=O) groups excluding carboxylic acids is 2. The number of hydrogen-bond acceptors (Lipinski definition) is 5. The van der Waals surface area contributed by atoms with Crippen molar-refractivity contribution >= 4 is 17.6 Å².